The van der Waals surface area contributed by atoms with Crippen LogP contribution in [0.3, 0.4) is 0 Å². The van der Waals surface area contributed by atoms with E-state index >= 15 is 0 Å². The second kappa shape index (κ2) is 6.65. The zero-order valence-corrected chi connectivity index (χ0v) is 12.2. The summed E-state index contributed by atoms with van der Waals surface area (Å²) in [5.41, 5.74) is 0.693. The molecule has 1 aromatic carbocycles. The van der Waals surface area contributed by atoms with Gasteiger partial charge in [0.1, 0.15) is 4.21 Å². The number of amides is 1. The van der Waals surface area contributed by atoms with E-state index in [1.54, 1.807) is 23.6 Å². The molecule has 20 heavy (non-hydrogen) atoms. The number of rotatable bonds is 6. The van der Waals surface area contributed by atoms with Crippen LogP contribution in [0.25, 0.3) is 0 Å². The van der Waals surface area contributed by atoms with E-state index in [-0.39, 0.29) is 23.1 Å². The first-order chi connectivity index (χ1) is 9.58. The standard InChI is InChI=1S/C13H14N2O3S2/c16-12(15-11-5-2-1-3-6-11)8-9-14-20(17,18)13-7-4-10-19-13/h1-7,10,14H,8-9H2,(H,15,16). The average Bonchev–Trinajstić information content (AvgIpc) is 2.94. The lowest BCUT2D eigenvalue weighted by Gasteiger charge is -2.06. The molecule has 0 unspecified atom stereocenters. The fourth-order valence-corrected chi connectivity index (χ4v) is 3.60. The number of anilines is 1. The molecule has 7 heteroatoms. The van der Waals surface area contributed by atoms with Crippen molar-refractivity contribution in [2.75, 3.05) is 11.9 Å². The van der Waals surface area contributed by atoms with Crippen LogP contribution in [-0.4, -0.2) is 20.9 Å². The Hall–Kier alpha value is -1.70. The molecule has 0 fully saturated rings. The normalized spacial score (nSPS) is 11.2. The minimum Gasteiger partial charge on any atom is -0.326 e. The summed E-state index contributed by atoms with van der Waals surface area (Å²) in [5, 5.41) is 4.38. The van der Waals surface area contributed by atoms with Gasteiger partial charge in [-0.15, -0.1) is 11.3 Å². The van der Waals surface area contributed by atoms with Crippen LogP contribution >= 0.6 is 11.3 Å². The first-order valence-electron chi connectivity index (χ1n) is 5.96. The van der Waals surface area contributed by atoms with Crippen molar-refractivity contribution >= 4 is 33.0 Å². The molecule has 0 saturated heterocycles. The first-order valence-corrected chi connectivity index (χ1v) is 8.32. The van der Waals surface area contributed by atoms with Gasteiger partial charge in [0.25, 0.3) is 0 Å². The molecule has 0 atom stereocenters. The molecule has 0 aliphatic heterocycles. The van der Waals surface area contributed by atoms with Crippen molar-refractivity contribution in [3.8, 4) is 0 Å². The Labute approximate surface area is 121 Å². The summed E-state index contributed by atoms with van der Waals surface area (Å²) in [5.74, 6) is -0.231. The zero-order valence-electron chi connectivity index (χ0n) is 10.6. The van der Waals surface area contributed by atoms with E-state index in [0.717, 1.165) is 11.3 Å². The van der Waals surface area contributed by atoms with E-state index < -0.39 is 10.0 Å². The van der Waals surface area contributed by atoms with Crippen LogP contribution in [0.1, 0.15) is 6.42 Å². The summed E-state index contributed by atoms with van der Waals surface area (Å²) in [7, 11) is -3.50. The van der Waals surface area contributed by atoms with Gasteiger partial charge >= 0.3 is 0 Å². The highest BCUT2D eigenvalue weighted by atomic mass is 32.2. The van der Waals surface area contributed by atoms with Gasteiger partial charge in [-0.3, -0.25) is 4.79 Å². The summed E-state index contributed by atoms with van der Waals surface area (Å²) in [6.45, 7) is 0.0684. The molecular weight excluding hydrogens is 296 g/mol. The molecule has 0 radical (unpaired) electrons. The number of carbonyl (C=O) groups excluding carboxylic acids is 1. The minimum atomic E-state index is -3.50. The summed E-state index contributed by atoms with van der Waals surface area (Å²) < 4.78 is 26.3. The molecule has 1 amide bonds. The molecular formula is C13H14N2O3S2. The predicted molar refractivity (Wildman–Crippen MR) is 79.2 cm³/mol. The second-order valence-electron chi connectivity index (χ2n) is 3.99. The minimum absolute atomic E-state index is 0.0684. The van der Waals surface area contributed by atoms with Crippen LogP contribution in [0.5, 0.6) is 0 Å². The Morgan fingerprint density at radius 3 is 2.50 bits per heavy atom. The lowest BCUT2D eigenvalue weighted by Crippen LogP contribution is -2.27. The van der Waals surface area contributed by atoms with E-state index in [1.807, 2.05) is 18.2 Å². The molecule has 5 nitrogen and oxygen atoms in total. The van der Waals surface area contributed by atoms with Gasteiger partial charge in [-0.2, -0.15) is 0 Å². The van der Waals surface area contributed by atoms with Crippen molar-refractivity contribution < 1.29 is 13.2 Å². The highest BCUT2D eigenvalue weighted by Gasteiger charge is 2.14. The summed E-state index contributed by atoms with van der Waals surface area (Å²) in [6, 6.07) is 12.2. The number of sulfonamides is 1. The predicted octanol–water partition coefficient (Wildman–Crippen LogP) is 2.06. The summed E-state index contributed by atoms with van der Waals surface area (Å²) >= 11 is 1.14. The third-order valence-electron chi connectivity index (χ3n) is 2.46. The van der Waals surface area contributed by atoms with Crippen molar-refractivity contribution in [1.82, 2.24) is 4.72 Å². The number of benzene rings is 1. The van der Waals surface area contributed by atoms with Crippen molar-refractivity contribution in [2.24, 2.45) is 0 Å². The quantitative estimate of drug-likeness (QED) is 0.857. The molecule has 0 spiro atoms. The lowest BCUT2D eigenvalue weighted by atomic mass is 10.3. The van der Waals surface area contributed by atoms with E-state index in [4.69, 9.17) is 0 Å². The van der Waals surface area contributed by atoms with Gasteiger partial charge in [-0.1, -0.05) is 24.3 Å². The Balaban J connectivity index is 1.80. The Morgan fingerprint density at radius 2 is 1.85 bits per heavy atom. The topological polar surface area (TPSA) is 75.3 Å². The van der Waals surface area contributed by atoms with Crippen LogP contribution in [0.15, 0.2) is 52.1 Å². The number of carbonyl (C=O) groups is 1. The van der Waals surface area contributed by atoms with Gasteiger partial charge in [0.15, 0.2) is 0 Å². The maximum Gasteiger partial charge on any atom is 0.250 e. The highest BCUT2D eigenvalue weighted by molar-refractivity contribution is 7.91. The zero-order chi connectivity index (χ0) is 14.4. The number of hydrogen-bond donors (Lipinski definition) is 2. The first kappa shape index (κ1) is 14.7. The smallest absolute Gasteiger partial charge is 0.250 e. The second-order valence-corrected chi connectivity index (χ2v) is 6.94. The van der Waals surface area contributed by atoms with Crippen molar-refractivity contribution in [1.29, 1.82) is 0 Å². The summed E-state index contributed by atoms with van der Waals surface area (Å²) in [6.07, 6.45) is 0.0828. The van der Waals surface area contributed by atoms with E-state index in [9.17, 15) is 13.2 Å². The van der Waals surface area contributed by atoms with Gasteiger partial charge < -0.3 is 5.32 Å². The third kappa shape index (κ3) is 4.16. The molecule has 0 saturated carbocycles. The lowest BCUT2D eigenvalue weighted by molar-refractivity contribution is -0.116. The molecule has 2 rings (SSSR count). The van der Waals surface area contributed by atoms with Crippen LogP contribution in [0.2, 0.25) is 0 Å². The van der Waals surface area contributed by atoms with Crippen LogP contribution in [0.4, 0.5) is 5.69 Å². The van der Waals surface area contributed by atoms with E-state index in [0.29, 0.717) is 5.69 Å². The molecule has 106 valence electrons. The summed E-state index contributed by atoms with van der Waals surface area (Å²) in [4.78, 5) is 11.6. The van der Waals surface area contributed by atoms with E-state index in [2.05, 4.69) is 10.0 Å². The maximum atomic E-state index is 11.8. The molecule has 2 aromatic rings. The SMILES string of the molecule is O=C(CCNS(=O)(=O)c1cccs1)Nc1ccccc1. The van der Waals surface area contributed by atoms with Crippen molar-refractivity contribution in [2.45, 2.75) is 10.6 Å². The Bertz CT molecular complexity index is 652. The van der Waals surface area contributed by atoms with E-state index in [1.165, 1.54) is 6.07 Å². The van der Waals surface area contributed by atoms with Crippen molar-refractivity contribution in [3.63, 3.8) is 0 Å². The Morgan fingerprint density at radius 1 is 1.10 bits per heavy atom. The molecule has 1 aromatic heterocycles. The van der Waals surface area contributed by atoms with Gasteiger partial charge in [-0.25, -0.2) is 13.1 Å². The number of para-hydroxylation sites is 1. The fourth-order valence-electron chi connectivity index (χ4n) is 1.53. The Kier molecular flexibility index (Phi) is 4.89. The highest BCUT2D eigenvalue weighted by Crippen LogP contribution is 2.15. The van der Waals surface area contributed by atoms with Gasteiger partial charge in [0.2, 0.25) is 15.9 Å². The van der Waals surface area contributed by atoms with Crippen molar-refractivity contribution in [3.05, 3.63) is 47.8 Å². The third-order valence-corrected chi connectivity index (χ3v) is 5.32. The van der Waals surface area contributed by atoms with Crippen LogP contribution in [-0.2, 0) is 14.8 Å². The molecule has 0 bridgehead atoms. The van der Waals surface area contributed by atoms with Crippen LogP contribution in [0, 0.1) is 0 Å². The monoisotopic (exact) mass is 310 g/mol. The molecule has 2 N–H and O–H groups in total. The maximum absolute atomic E-state index is 11.8. The molecule has 0 aliphatic carbocycles. The number of thiophene rings is 1. The largest absolute Gasteiger partial charge is 0.326 e. The van der Waals surface area contributed by atoms with Gasteiger partial charge in [0.05, 0.1) is 0 Å². The fraction of sp³-hybridized carbons (Fsp3) is 0.154. The number of nitrogens with one attached hydrogen (secondary N) is 2. The van der Waals surface area contributed by atoms with Gasteiger partial charge in [0, 0.05) is 18.7 Å². The van der Waals surface area contributed by atoms with Crippen LogP contribution < -0.4 is 10.0 Å². The average molecular weight is 310 g/mol. The van der Waals surface area contributed by atoms with Gasteiger partial charge in [-0.05, 0) is 23.6 Å². The number of hydrogen-bond acceptors (Lipinski definition) is 4. The molecule has 1 heterocycles. The molecule has 0 aliphatic rings.